The lowest BCUT2D eigenvalue weighted by atomic mass is 10.2. The summed E-state index contributed by atoms with van der Waals surface area (Å²) in [5.41, 5.74) is 2.96. The van der Waals surface area contributed by atoms with Gasteiger partial charge in [0.05, 0.1) is 31.8 Å². The van der Waals surface area contributed by atoms with Gasteiger partial charge < -0.3 is 14.8 Å². The molecule has 0 atom stereocenters. The summed E-state index contributed by atoms with van der Waals surface area (Å²) in [6.07, 6.45) is 1.71. The number of methoxy groups -OCH3 is 2. The molecule has 7 heteroatoms. The molecule has 0 aliphatic rings. The van der Waals surface area contributed by atoms with E-state index in [0.717, 1.165) is 5.56 Å². The molecule has 0 spiro atoms. The Bertz CT molecular complexity index is 1140. The number of nitrogens with zero attached hydrogens (tertiary/aromatic N) is 3. The molecular formula is C21H17FN4O2. The molecule has 0 bridgehead atoms. The molecule has 0 radical (unpaired) electrons. The Kier molecular flexibility index (Phi) is 4.72. The van der Waals surface area contributed by atoms with Crippen molar-refractivity contribution in [2.75, 3.05) is 19.5 Å². The topological polar surface area (TPSA) is 69.2 Å². The van der Waals surface area contributed by atoms with Crippen LogP contribution in [0.4, 0.5) is 15.9 Å². The number of nitrogens with one attached hydrogen (secondary N) is 1. The number of pyridine rings is 1. The van der Waals surface area contributed by atoms with Crippen LogP contribution in [-0.4, -0.2) is 29.2 Å². The molecule has 1 N–H and O–H groups in total. The van der Waals surface area contributed by atoms with Crippen LogP contribution in [0, 0.1) is 5.82 Å². The van der Waals surface area contributed by atoms with Gasteiger partial charge in [0, 0.05) is 17.7 Å². The zero-order valence-corrected chi connectivity index (χ0v) is 15.3. The van der Waals surface area contributed by atoms with Crippen LogP contribution in [-0.2, 0) is 0 Å². The van der Waals surface area contributed by atoms with Gasteiger partial charge in [0.2, 0.25) is 0 Å². The summed E-state index contributed by atoms with van der Waals surface area (Å²) in [5.74, 6) is 0.442. The van der Waals surface area contributed by atoms with E-state index >= 15 is 0 Å². The Balaban J connectivity index is 1.72. The van der Waals surface area contributed by atoms with Gasteiger partial charge in [-0.05, 0) is 12.1 Å². The van der Waals surface area contributed by atoms with Gasteiger partial charge in [-0.1, -0.05) is 30.3 Å². The molecule has 6 nitrogen and oxygen atoms in total. The zero-order valence-electron chi connectivity index (χ0n) is 15.3. The molecule has 2 aromatic heterocycles. The molecule has 2 heterocycles. The molecule has 4 aromatic rings. The minimum Gasteiger partial charge on any atom is -0.497 e. The fourth-order valence-electron chi connectivity index (χ4n) is 2.78. The maximum atomic E-state index is 14.6. The first kappa shape index (κ1) is 17.7. The van der Waals surface area contributed by atoms with Crippen molar-refractivity contribution in [2.45, 2.75) is 0 Å². The number of aromatic nitrogens is 3. The molecule has 0 amide bonds. The molecule has 4 rings (SSSR count). The van der Waals surface area contributed by atoms with E-state index in [9.17, 15) is 4.39 Å². The number of fused-ring (bicyclic) bond motifs is 1. The van der Waals surface area contributed by atoms with E-state index in [1.54, 1.807) is 18.3 Å². The predicted octanol–water partition coefficient (Wildman–Crippen LogP) is 4.59. The van der Waals surface area contributed by atoms with E-state index in [1.165, 1.54) is 26.4 Å². The first-order valence-corrected chi connectivity index (χ1v) is 8.55. The minimum atomic E-state index is -0.533. The highest BCUT2D eigenvalue weighted by Gasteiger charge is 2.13. The summed E-state index contributed by atoms with van der Waals surface area (Å²) in [7, 11) is 2.90. The van der Waals surface area contributed by atoms with Crippen LogP contribution in [0.25, 0.3) is 22.4 Å². The normalized spacial score (nSPS) is 10.7. The standard InChI is InChI=1S/C21H17FN4O2/c1-27-14-10-16(20(22)18(11-14)28-2)24-19-9-8-15-21(26-19)25-17(12-23-15)13-6-4-3-5-7-13/h3-12H,1-2H3,(H,24,25,26). The van der Waals surface area contributed by atoms with Gasteiger partial charge in [0.15, 0.2) is 17.2 Å². The van der Waals surface area contributed by atoms with Gasteiger partial charge in [-0.3, -0.25) is 4.98 Å². The van der Waals surface area contributed by atoms with Crippen LogP contribution in [0.15, 0.2) is 60.8 Å². The van der Waals surface area contributed by atoms with Crippen molar-refractivity contribution in [3.8, 4) is 22.8 Å². The Morgan fingerprint density at radius 3 is 2.50 bits per heavy atom. The fourth-order valence-corrected chi connectivity index (χ4v) is 2.78. The van der Waals surface area contributed by atoms with Gasteiger partial charge in [0.1, 0.15) is 17.1 Å². The summed E-state index contributed by atoms with van der Waals surface area (Å²) >= 11 is 0. The number of rotatable bonds is 5. The number of halogens is 1. The first-order valence-electron chi connectivity index (χ1n) is 8.55. The van der Waals surface area contributed by atoms with E-state index in [2.05, 4.69) is 20.3 Å². The van der Waals surface area contributed by atoms with Crippen molar-refractivity contribution in [1.29, 1.82) is 0 Å². The van der Waals surface area contributed by atoms with E-state index in [1.807, 2.05) is 30.3 Å². The lowest BCUT2D eigenvalue weighted by Crippen LogP contribution is -2.01. The van der Waals surface area contributed by atoms with Gasteiger partial charge in [0.25, 0.3) is 0 Å². The molecule has 0 fully saturated rings. The lowest BCUT2D eigenvalue weighted by molar-refractivity contribution is 0.375. The number of anilines is 2. The Morgan fingerprint density at radius 1 is 0.929 bits per heavy atom. The Labute approximate surface area is 161 Å². The first-order chi connectivity index (χ1) is 13.7. The van der Waals surface area contributed by atoms with Gasteiger partial charge in [-0.2, -0.15) is 0 Å². The van der Waals surface area contributed by atoms with Crippen LogP contribution in [0.5, 0.6) is 11.5 Å². The van der Waals surface area contributed by atoms with E-state index in [0.29, 0.717) is 28.4 Å². The van der Waals surface area contributed by atoms with Crippen molar-refractivity contribution >= 4 is 22.7 Å². The third kappa shape index (κ3) is 3.42. The second-order valence-corrected chi connectivity index (χ2v) is 5.98. The van der Waals surface area contributed by atoms with Gasteiger partial charge >= 0.3 is 0 Å². The summed E-state index contributed by atoms with van der Waals surface area (Å²) in [5, 5.41) is 2.96. The van der Waals surface area contributed by atoms with Gasteiger partial charge in [-0.25, -0.2) is 14.4 Å². The number of benzene rings is 2. The average Bonchev–Trinajstić information content (AvgIpc) is 2.75. The fraction of sp³-hybridized carbons (Fsp3) is 0.0952. The number of ether oxygens (including phenoxy) is 2. The smallest absolute Gasteiger partial charge is 0.188 e. The van der Waals surface area contributed by atoms with Gasteiger partial charge in [-0.15, -0.1) is 0 Å². The summed E-state index contributed by atoms with van der Waals surface area (Å²) in [6, 6.07) is 16.2. The molecule has 0 aliphatic heterocycles. The molecule has 28 heavy (non-hydrogen) atoms. The summed E-state index contributed by atoms with van der Waals surface area (Å²) in [6.45, 7) is 0. The average molecular weight is 376 g/mol. The lowest BCUT2D eigenvalue weighted by Gasteiger charge is -2.12. The molecule has 0 saturated carbocycles. The van der Waals surface area contributed by atoms with Crippen LogP contribution >= 0.6 is 0 Å². The largest absolute Gasteiger partial charge is 0.497 e. The Hall–Kier alpha value is -3.74. The van der Waals surface area contributed by atoms with Crippen molar-refractivity contribution in [3.63, 3.8) is 0 Å². The minimum absolute atomic E-state index is 0.0776. The molecule has 2 aromatic carbocycles. The highest BCUT2D eigenvalue weighted by molar-refractivity contribution is 5.76. The second-order valence-electron chi connectivity index (χ2n) is 5.98. The van der Waals surface area contributed by atoms with Crippen molar-refractivity contribution in [1.82, 2.24) is 15.0 Å². The Morgan fingerprint density at radius 2 is 1.75 bits per heavy atom. The molecule has 0 aliphatic carbocycles. The third-order valence-corrected chi connectivity index (χ3v) is 4.21. The highest BCUT2D eigenvalue weighted by Crippen LogP contribution is 2.32. The maximum absolute atomic E-state index is 14.6. The summed E-state index contributed by atoms with van der Waals surface area (Å²) in [4.78, 5) is 13.5. The van der Waals surface area contributed by atoms with Crippen molar-refractivity contribution < 1.29 is 13.9 Å². The number of hydrogen-bond donors (Lipinski definition) is 1. The maximum Gasteiger partial charge on any atom is 0.188 e. The molecule has 0 unspecified atom stereocenters. The van der Waals surface area contributed by atoms with Crippen LogP contribution in [0.3, 0.4) is 0 Å². The van der Waals surface area contributed by atoms with E-state index in [-0.39, 0.29) is 11.4 Å². The molecular weight excluding hydrogens is 359 g/mol. The third-order valence-electron chi connectivity index (χ3n) is 4.21. The van der Waals surface area contributed by atoms with Crippen LogP contribution in [0.1, 0.15) is 0 Å². The quantitative estimate of drug-likeness (QED) is 0.549. The van der Waals surface area contributed by atoms with Crippen LogP contribution < -0.4 is 14.8 Å². The van der Waals surface area contributed by atoms with Crippen molar-refractivity contribution in [2.24, 2.45) is 0 Å². The van der Waals surface area contributed by atoms with Crippen molar-refractivity contribution in [3.05, 3.63) is 66.6 Å². The highest BCUT2D eigenvalue weighted by atomic mass is 19.1. The zero-order chi connectivity index (χ0) is 19.5. The van der Waals surface area contributed by atoms with E-state index in [4.69, 9.17) is 9.47 Å². The predicted molar refractivity (Wildman–Crippen MR) is 106 cm³/mol. The SMILES string of the molecule is COc1cc(Nc2ccc3ncc(-c4ccccc4)nc3n2)c(F)c(OC)c1. The molecule has 140 valence electrons. The summed E-state index contributed by atoms with van der Waals surface area (Å²) < 4.78 is 24.8. The van der Waals surface area contributed by atoms with Crippen LogP contribution in [0.2, 0.25) is 0 Å². The number of hydrogen-bond acceptors (Lipinski definition) is 6. The van der Waals surface area contributed by atoms with E-state index < -0.39 is 5.82 Å². The molecule has 0 saturated heterocycles. The monoisotopic (exact) mass is 376 g/mol. The second kappa shape index (κ2) is 7.48.